The highest BCUT2D eigenvalue weighted by molar-refractivity contribution is 5.15. The van der Waals surface area contributed by atoms with Gasteiger partial charge in [-0.1, -0.05) is 96.1 Å². The monoisotopic (exact) mass is 607 g/mol. The molecular weight excluding hydrogens is 566 g/mol. The second-order valence-electron chi connectivity index (χ2n) is 10.1. The first-order chi connectivity index (χ1) is 21.7. The average Bonchev–Trinajstić information content (AvgIpc) is 3.07. The molecule has 1 saturated heterocycles. The topological polar surface area (TPSA) is 134 Å². The number of aliphatic hydroxyl groups excluding tert-OH is 1. The second kappa shape index (κ2) is 19.8. The lowest BCUT2D eigenvalue weighted by atomic mass is 9.98. The summed E-state index contributed by atoms with van der Waals surface area (Å²) in [6.45, 7) is 2.96. The number of ether oxygens (including phenoxy) is 7. The summed E-state index contributed by atoms with van der Waals surface area (Å²) in [5.74, 6) is 0. The molecule has 1 heterocycles. The molecule has 1 N–H and O–H groups in total. The smallest absolute Gasteiger partial charge is 0.186 e. The van der Waals surface area contributed by atoms with E-state index in [-0.39, 0.29) is 33.0 Å². The molecule has 1 aliphatic heterocycles. The van der Waals surface area contributed by atoms with E-state index in [1.807, 2.05) is 91.0 Å². The van der Waals surface area contributed by atoms with Crippen molar-refractivity contribution in [1.29, 1.82) is 0 Å². The summed E-state index contributed by atoms with van der Waals surface area (Å²) in [6.07, 6.45) is -4.09. The fourth-order valence-electron chi connectivity index (χ4n) is 4.65. The zero-order valence-corrected chi connectivity index (χ0v) is 24.8. The molecule has 3 aromatic rings. The number of aliphatic hydroxyl groups is 1. The maximum absolute atomic E-state index is 11.4. The fraction of sp³-hybridized carbons (Fsp3) is 0.455. The van der Waals surface area contributed by atoms with Crippen molar-refractivity contribution < 1.29 is 38.3 Å². The summed E-state index contributed by atoms with van der Waals surface area (Å²) in [6, 6.07) is 29.5. The van der Waals surface area contributed by atoms with Crippen LogP contribution in [-0.4, -0.2) is 82.0 Å². The van der Waals surface area contributed by atoms with Crippen LogP contribution in [0.2, 0.25) is 0 Å². The molecule has 0 saturated carbocycles. The van der Waals surface area contributed by atoms with E-state index in [0.717, 1.165) is 16.7 Å². The Hall–Kier alpha value is -3.35. The minimum Gasteiger partial charge on any atom is -0.385 e. The summed E-state index contributed by atoms with van der Waals surface area (Å²) in [5.41, 5.74) is 11.3. The molecule has 11 heteroatoms. The van der Waals surface area contributed by atoms with Crippen molar-refractivity contribution in [2.75, 3.05) is 46.2 Å². The van der Waals surface area contributed by atoms with Gasteiger partial charge in [-0.25, -0.2) is 0 Å². The Balaban J connectivity index is 1.39. The molecule has 0 unspecified atom stereocenters. The van der Waals surface area contributed by atoms with E-state index in [4.69, 9.17) is 38.7 Å². The first-order valence-corrected chi connectivity index (χ1v) is 14.8. The lowest BCUT2D eigenvalue weighted by Crippen LogP contribution is -2.61. The van der Waals surface area contributed by atoms with E-state index < -0.39 is 30.7 Å². The molecule has 0 aliphatic carbocycles. The summed E-state index contributed by atoms with van der Waals surface area (Å²) in [4.78, 5) is 2.68. The zero-order chi connectivity index (χ0) is 30.7. The molecule has 4 rings (SSSR count). The Kier molecular flexibility index (Phi) is 15.1. The molecule has 11 nitrogen and oxygen atoms in total. The van der Waals surface area contributed by atoms with Crippen molar-refractivity contribution in [3.05, 3.63) is 118 Å². The predicted octanol–water partition coefficient (Wildman–Crippen LogP) is 4.82. The highest BCUT2D eigenvalue weighted by atomic mass is 16.7. The summed E-state index contributed by atoms with van der Waals surface area (Å²) in [7, 11) is 0. The van der Waals surface area contributed by atoms with Gasteiger partial charge in [-0.05, 0) is 22.2 Å². The van der Waals surface area contributed by atoms with Crippen LogP contribution in [0.15, 0.2) is 96.1 Å². The standard InChI is InChI=1S/C33H41N3O8/c34-36-35-16-17-38-18-19-39-20-21-41-33-30(37)32(43-24-28-14-8-3-9-15-28)31(42-23-27-12-6-2-7-13-27)29(44-33)25-40-22-26-10-4-1-5-11-26/h1-15,29-33,37H,16-25H2/t29-,30-,31+,32-,33-/m1/s1. The third-order valence-corrected chi connectivity index (χ3v) is 6.86. The zero-order valence-electron chi connectivity index (χ0n) is 24.8. The van der Waals surface area contributed by atoms with Crippen molar-refractivity contribution in [3.8, 4) is 0 Å². The Morgan fingerprint density at radius 1 is 0.636 bits per heavy atom. The molecule has 1 fully saturated rings. The van der Waals surface area contributed by atoms with Crippen LogP contribution in [0.4, 0.5) is 0 Å². The van der Waals surface area contributed by atoms with Crippen molar-refractivity contribution >= 4 is 0 Å². The molecule has 0 bridgehead atoms. The number of hydrogen-bond donors (Lipinski definition) is 1. The summed E-state index contributed by atoms with van der Waals surface area (Å²) in [5, 5.41) is 14.9. The Labute approximate surface area is 258 Å². The van der Waals surface area contributed by atoms with Crippen molar-refractivity contribution in [2.45, 2.75) is 50.5 Å². The lowest BCUT2D eigenvalue weighted by molar-refractivity contribution is -0.320. The van der Waals surface area contributed by atoms with Crippen LogP contribution in [0.3, 0.4) is 0 Å². The predicted molar refractivity (Wildman–Crippen MR) is 162 cm³/mol. The van der Waals surface area contributed by atoms with E-state index in [0.29, 0.717) is 33.0 Å². The van der Waals surface area contributed by atoms with Crippen LogP contribution in [-0.2, 0) is 53.0 Å². The first kappa shape index (κ1) is 33.5. The summed E-state index contributed by atoms with van der Waals surface area (Å²) < 4.78 is 42.0. The second-order valence-corrected chi connectivity index (χ2v) is 10.1. The Morgan fingerprint density at radius 3 is 1.75 bits per heavy atom. The van der Waals surface area contributed by atoms with Gasteiger partial charge in [-0.3, -0.25) is 0 Å². The maximum atomic E-state index is 11.4. The van der Waals surface area contributed by atoms with Crippen LogP contribution in [0, 0.1) is 0 Å². The number of benzene rings is 3. The highest BCUT2D eigenvalue weighted by Gasteiger charge is 2.47. The molecule has 0 amide bonds. The molecular formula is C33H41N3O8. The van der Waals surface area contributed by atoms with Gasteiger partial charge < -0.3 is 38.3 Å². The third kappa shape index (κ3) is 11.6. The van der Waals surface area contributed by atoms with Crippen LogP contribution < -0.4 is 0 Å². The number of azide groups is 1. The largest absolute Gasteiger partial charge is 0.385 e. The summed E-state index contributed by atoms with van der Waals surface area (Å²) >= 11 is 0. The molecule has 5 atom stereocenters. The van der Waals surface area contributed by atoms with E-state index in [1.54, 1.807) is 0 Å². The van der Waals surface area contributed by atoms with Gasteiger partial charge in [0.05, 0.1) is 59.5 Å². The van der Waals surface area contributed by atoms with E-state index >= 15 is 0 Å². The fourth-order valence-corrected chi connectivity index (χ4v) is 4.65. The number of nitrogens with zero attached hydrogens (tertiary/aromatic N) is 3. The van der Waals surface area contributed by atoms with E-state index in [2.05, 4.69) is 10.0 Å². The third-order valence-electron chi connectivity index (χ3n) is 6.86. The van der Waals surface area contributed by atoms with Gasteiger partial charge >= 0.3 is 0 Å². The van der Waals surface area contributed by atoms with Gasteiger partial charge in [0.2, 0.25) is 0 Å². The average molecular weight is 608 g/mol. The van der Waals surface area contributed by atoms with E-state index in [9.17, 15) is 5.11 Å². The normalized spacial score (nSPS) is 21.5. The van der Waals surface area contributed by atoms with Crippen molar-refractivity contribution in [2.24, 2.45) is 5.11 Å². The lowest BCUT2D eigenvalue weighted by Gasteiger charge is -2.44. The Morgan fingerprint density at radius 2 is 1.16 bits per heavy atom. The van der Waals surface area contributed by atoms with E-state index in [1.165, 1.54) is 0 Å². The van der Waals surface area contributed by atoms with Crippen LogP contribution in [0.1, 0.15) is 16.7 Å². The van der Waals surface area contributed by atoms with Gasteiger partial charge in [0.25, 0.3) is 0 Å². The minimum absolute atomic E-state index is 0.180. The first-order valence-electron chi connectivity index (χ1n) is 14.8. The minimum atomic E-state index is -1.13. The number of rotatable bonds is 20. The van der Waals surface area contributed by atoms with Gasteiger partial charge in [-0.2, -0.15) is 0 Å². The SMILES string of the molecule is [N-]=[N+]=NCCOCCOCCO[C@@H]1O[C@H](COCc2ccccc2)[C@H](OCc2ccccc2)[C@H](OCc2ccccc2)[C@H]1O. The number of hydrogen-bond acceptors (Lipinski definition) is 9. The molecule has 3 aromatic carbocycles. The molecule has 0 radical (unpaired) electrons. The molecule has 0 spiro atoms. The van der Waals surface area contributed by atoms with Crippen LogP contribution >= 0.6 is 0 Å². The van der Waals surface area contributed by atoms with Crippen LogP contribution in [0.25, 0.3) is 10.4 Å². The van der Waals surface area contributed by atoms with Crippen molar-refractivity contribution in [3.63, 3.8) is 0 Å². The van der Waals surface area contributed by atoms with Crippen molar-refractivity contribution in [1.82, 2.24) is 0 Å². The molecule has 236 valence electrons. The molecule has 0 aromatic heterocycles. The van der Waals surface area contributed by atoms with Gasteiger partial charge in [0.1, 0.15) is 24.4 Å². The van der Waals surface area contributed by atoms with Gasteiger partial charge in [0, 0.05) is 11.5 Å². The molecule has 1 aliphatic rings. The Bertz CT molecular complexity index is 1220. The highest BCUT2D eigenvalue weighted by Crippen LogP contribution is 2.29. The van der Waals surface area contributed by atoms with Gasteiger partial charge in [0.15, 0.2) is 6.29 Å². The molecule has 44 heavy (non-hydrogen) atoms. The maximum Gasteiger partial charge on any atom is 0.186 e. The van der Waals surface area contributed by atoms with Gasteiger partial charge in [-0.15, -0.1) is 0 Å². The quantitative estimate of drug-likeness (QED) is 0.0837. The van der Waals surface area contributed by atoms with Crippen LogP contribution in [0.5, 0.6) is 0 Å².